The molecule has 4 nitrogen and oxygen atoms in total. The van der Waals surface area contributed by atoms with Crippen molar-refractivity contribution in [3.8, 4) is 0 Å². The molecule has 0 aromatic heterocycles. The fraction of sp³-hybridized carbons (Fsp3) is 0.500. The normalized spacial score (nSPS) is 16.1. The van der Waals surface area contributed by atoms with Crippen LogP contribution in [0.1, 0.15) is 24.0 Å². The third kappa shape index (κ3) is 3.52. The molecule has 2 rings (SSSR count). The van der Waals surface area contributed by atoms with E-state index in [2.05, 4.69) is 4.72 Å². The standard InChI is InChI=1S/C12H18N2O2S/c13-8-7-10-1-3-11(4-2-10)9-14-17(15,16)12-5-6-12/h1-4,12,14H,5-9,13H2. The van der Waals surface area contributed by atoms with Gasteiger partial charge in [-0.1, -0.05) is 24.3 Å². The predicted octanol–water partition coefficient (Wildman–Crippen LogP) is 0.770. The van der Waals surface area contributed by atoms with Crippen molar-refractivity contribution in [3.05, 3.63) is 35.4 Å². The Bertz CT molecular complexity index is 464. The number of benzene rings is 1. The van der Waals surface area contributed by atoms with E-state index in [1.165, 1.54) is 5.56 Å². The maximum Gasteiger partial charge on any atom is 0.214 e. The highest BCUT2D eigenvalue weighted by molar-refractivity contribution is 7.90. The summed E-state index contributed by atoms with van der Waals surface area (Å²) >= 11 is 0. The van der Waals surface area contributed by atoms with Crippen molar-refractivity contribution in [1.29, 1.82) is 0 Å². The summed E-state index contributed by atoms with van der Waals surface area (Å²) in [5.74, 6) is 0. The van der Waals surface area contributed by atoms with Gasteiger partial charge in [-0.05, 0) is 36.9 Å². The summed E-state index contributed by atoms with van der Waals surface area (Å²) in [6.07, 6.45) is 2.45. The van der Waals surface area contributed by atoms with E-state index in [0.29, 0.717) is 13.1 Å². The van der Waals surface area contributed by atoms with E-state index >= 15 is 0 Å². The third-order valence-electron chi connectivity index (χ3n) is 2.90. The van der Waals surface area contributed by atoms with Crippen LogP contribution < -0.4 is 10.5 Å². The van der Waals surface area contributed by atoms with Gasteiger partial charge in [-0.25, -0.2) is 13.1 Å². The fourth-order valence-corrected chi connectivity index (χ4v) is 3.03. The Morgan fingerprint density at radius 1 is 1.18 bits per heavy atom. The number of nitrogens with two attached hydrogens (primary N) is 1. The molecule has 0 radical (unpaired) electrons. The van der Waals surface area contributed by atoms with Crippen molar-refractivity contribution >= 4 is 10.0 Å². The van der Waals surface area contributed by atoms with Gasteiger partial charge in [-0.3, -0.25) is 0 Å². The van der Waals surface area contributed by atoms with Crippen molar-refractivity contribution in [1.82, 2.24) is 4.72 Å². The van der Waals surface area contributed by atoms with Gasteiger partial charge in [0.25, 0.3) is 0 Å². The summed E-state index contributed by atoms with van der Waals surface area (Å²) in [5.41, 5.74) is 7.63. The van der Waals surface area contributed by atoms with Gasteiger partial charge < -0.3 is 5.73 Å². The summed E-state index contributed by atoms with van der Waals surface area (Å²) < 4.78 is 25.9. The summed E-state index contributed by atoms with van der Waals surface area (Å²) in [6.45, 7) is 1.01. The quantitative estimate of drug-likeness (QED) is 0.787. The van der Waals surface area contributed by atoms with Crippen molar-refractivity contribution in [2.45, 2.75) is 31.1 Å². The molecule has 94 valence electrons. The zero-order chi connectivity index (χ0) is 12.3. The Morgan fingerprint density at radius 3 is 2.29 bits per heavy atom. The van der Waals surface area contributed by atoms with E-state index in [4.69, 9.17) is 5.73 Å². The Labute approximate surface area is 102 Å². The minimum Gasteiger partial charge on any atom is -0.330 e. The van der Waals surface area contributed by atoms with Gasteiger partial charge in [0.05, 0.1) is 5.25 Å². The number of sulfonamides is 1. The monoisotopic (exact) mass is 254 g/mol. The molecule has 0 spiro atoms. The molecule has 0 bridgehead atoms. The van der Waals surface area contributed by atoms with Crippen LogP contribution in [0.2, 0.25) is 0 Å². The van der Waals surface area contributed by atoms with Crippen LogP contribution in [0.15, 0.2) is 24.3 Å². The van der Waals surface area contributed by atoms with Crippen LogP contribution >= 0.6 is 0 Å². The molecule has 0 aliphatic heterocycles. The third-order valence-corrected chi connectivity index (χ3v) is 4.79. The van der Waals surface area contributed by atoms with Gasteiger partial charge in [0.1, 0.15) is 0 Å². The van der Waals surface area contributed by atoms with Crippen LogP contribution in [0.5, 0.6) is 0 Å². The highest BCUT2D eigenvalue weighted by Crippen LogP contribution is 2.27. The van der Waals surface area contributed by atoms with Gasteiger partial charge in [0.15, 0.2) is 0 Å². The fourth-order valence-electron chi connectivity index (χ4n) is 1.67. The first-order valence-electron chi connectivity index (χ1n) is 5.88. The van der Waals surface area contributed by atoms with Crippen molar-refractivity contribution in [2.75, 3.05) is 6.54 Å². The first kappa shape index (κ1) is 12.5. The molecule has 1 fully saturated rings. The Hall–Kier alpha value is -0.910. The van der Waals surface area contributed by atoms with E-state index in [9.17, 15) is 8.42 Å². The topological polar surface area (TPSA) is 72.2 Å². The molecule has 1 aromatic rings. The molecule has 1 aliphatic carbocycles. The minimum absolute atomic E-state index is 0.154. The van der Waals surface area contributed by atoms with Crippen LogP contribution in [0.25, 0.3) is 0 Å². The van der Waals surface area contributed by atoms with Crippen molar-refractivity contribution in [3.63, 3.8) is 0 Å². The molecule has 0 atom stereocenters. The first-order chi connectivity index (χ1) is 8.12. The van der Waals surface area contributed by atoms with Crippen LogP contribution in [0.3, 0.4) is 0 Å². The number of nitrogens with one attached hydrogen (secondary N) is 1. The van der Waals surface area contributed by atoms with Crippen LogP contribution in [0.4, 0.5) is 0 Å². The van der Waals surface area contributed by atoms with Crippen LogP contribution in [-0.4, -0.2) is 20.2 Å². The van der Waals surface area contributed by atoms with E-state index in [1.807, 2.05) is 24.3 Å². The Balaban J connectivity index is 1.90. The summed E-state index contributed by atoms with van der Waals surface area (Å²) in [5, 5.41) is -0.154. The Morgan fingerprint density at radius 2 is 1.76 bits per heavy atom. The van der Waals surface area contributed by atoms with Crippen molar-refractivity contribution in [2.24, 2.45) is 5.73 Å². The minimum atomic E-state index is -3.08. The highest BCUT2D eigenvalue weighted by atomic mass is 32.2. The summed E-state index contributed by atoms with van der Waals surface area (Å²) in [7, 11) is -3.08. The lowest BCUT2D eigenvalue weighted by Crippen LogP contribution is -2.26. The lowest BCUT2D eigenvalue weighted by atomic mass is 10.1. The molecular formula is C12H18N2O2S. The SMILES string of the molecule is NCCc1ccc(CNS(=O)(=O)C2CC2)cc1. The summed E-state index contributed by atoms with van der Waals surface area (Å²) in [4.78, 5) is 0. The van der Waals surface area contributed by atoms with Gasteiger partial charge in [-0.15, -0.1) is 0 Å². The predicted molar refractivity (Wildman–Crippen MR) is 68.0 cm³/mol. The van der Waals surface area contributed by atoms with Crippen LogP contribution in [0, 0.1) is 0 Å². The molecule has 3 N–H and O–H groups in total. The number of hydrogen-bond donors (Lipinski definition) is 2. The molecule has 17 heavy (non-hydrogen) atoms. The molecule has 5 heteroatoms. The average molecular weight is 254 g/mol. The van der Waals surface area contributed by atoms with Gasteiger partial charge in [0.2, 0.25) is 10.0 Å². The van der Waals surface area contributed by atoms with Gasteiger partial charge >= 0.3 is 0 Å². The highest BCUT2D eigenvalue weighted by Gasteiger charge is 2.35. The number of rotatable bonds is 6. The zero-order valence-corrected chi connectivity index (χ0v) is 10.5. The van der Waals surface area contributed by atoms with E-state index in [1.54, 1.807) is 0 Å². The second kappa shape index (κ2) is 5.16. The largest absolute Gasteiger partial charge is 0.330 e. The average Bonchev–Trinajstić information content (AvgIpc) is 3.13. The van der Waals surface area contributed by atoms with E-state index in [0.717, 1.165) is 24.8 Å². The maximum atomic E-state index is 11.6. The molecule has 1 saturated carbocycles. The lowest BCUT2D eigenvalue weighted by Gasteiger charge is -2.06. The van der Waals surface area contributed by atoms with Crippen LogP contribution in [-0.2, 0) is 23.0 Å². The molecule has 0 amide bonds. The van der Waals surface area contributed by atoms with E-state index in [-0.39, 0.29) is 5.25 Å². The second-order valence-corrected chi connectivity index (χ2v) is 6.47. The number of hydrogen-bond acceptors (Lipinski definition) is 3. The first-order valence-corrected chi connectivity index (χ1v) is 7.43. The lowest BCUT2D eigenvalue weighted by molar-refractivity contribution is 0.580. The van der Waals surface area contributed by atoms with Gasteiger partial charge in [0, 0.05) is 6.54 Å². The smallest absolute Gasteiger partial charge is 0.214 e. The molecule has 1 aliphatic rings. The summed E-state index contributed by atoms with van der Waals surface area (Å²) in [6, 6.07) is 7.88. The zero-order valence-electron chi connectivity index (χ0n) is 9.72. The second-order valence-electron chi connectivity index (χ2n) is 4.42. The molecule has 0 saturated heterocycles. The maximum absolute atomic E-state index is 11.6. The van der Waals surface area contributed by atoms with E-state index < -0.39 is 10.0 Å². The molecule has 1 aromatic carbocycles. The van der Waals surface area contributed by atoms with Gasteiger partial charge in [-0.2, -0.15) is 0 Å². The molecule has 0 heterocycles. The molecule has 0 unspecified atom stereocenters. The van der Waals surface area contributed by atoms with Crippen molar-refractivity contribution < 1.29 is 8.42 Å². The Kier molecular flexibility index (Phi) is 3.81. The molecular weight excluding hydrogens is 236 g/mol.